The summed E-state index contributed by atoms with van der Waals surface area (Å²) >= 11 is 0. The van der Waals surface area contributed by atoms with E-state index in [1.165, 1.54) is 0 Å². The number of para-hydroxylation sites is 1. The lowest BCUT2D eigenvalue weighted by Gasteiger charge is -2.61. The number of tetrazole rings is 1. The van der Waals surface area contributed by atoms with E-state index in [0.717, 1.165) is 11.6 Å². The molecule has 0 amide bonds. The number of benzene rings is 1. The highest BCUT2D eigenvalue weighted by molar-refractivity contribution is 7.91. The van der Waals surface area contributed by atoms with Gasteiger partial charge >= 0.3 is 5.97 Å². The molecule has 3 atom stereocenters. The molecule has 0 radical (unpaired) electrons. The standard InChI is InChI=1S/C16H18N4O7S/c1-14(9-21)15(24,7-12(22)23)8-16(14,25)10-28(26,27)13-17-18-19-20(13)11-5-3-2-4-6-11/h2-6,9,24-25H,7-8,10H2,1H3,(H,22,23)/t14?,15-,16+/m0/s1. The number of carbonyl (C=O) groups is 2. The topological polar surface area (TPSA) is 173 Å². The fraction of sp³-hybridized carbons (Fsp3) is 0.438. The molecule has 0 aliphatic heterocycles. The van der Waals surface area contributed by atoms with Crippen LogP contribution in [0.2, 0.25) is 0 Å². The maximum absolute atomic E-state index is 12.9. The van der Waals surface area contributed by atoms with Gasteiger partial charge in [0, 0.05) is 6.42 Å². The van der Waals surface area contributed by atoms with Crippen LogP contribution in [-0.2, 0) is 19.4 Å². The summed E-state index contributed by atoms with van der Waals surface area (Å²) in [6.45, 7) is 1.13. The van der Waals surface area contributed by atoms with Gasteiger partial charge in [0.05, 0.1) is 34.5 Å². The molecule has 3 N–H and O–H groups in total. The van der Waals surface area contributed by atoms with Gasteiger partial charge in [-0.3, -0.25) is 4.79 Å². The van der Waals surface area contributed by atoms with E-state index in [1.54, 1.807) is 30.3 Å². The molecule has 1 unspecified atom stereocenters. The number of aromatic nitrogens is 4. The largest absolute Gasteiger partial charge is 0.481 e. The molecule has 11 nitrogen and oxygen atoms in total. The molecule has 0 saturated heterocycles. The number of carbonyl (C=O) groups excluding carboxylic acids is 1. The van der Waals surface area contributed by atoms with Crippen LogP contribution in [-0.4, -0.2) is 73.2 Å². The monoisotopic (exact) mass is 410 g/mol. The number of rotatable bonds is 7. The number of aldehydes is 1. The number of carboxylic acid groups (broad SMARTS) is 1. The Kier molecular flexibility index (Phi) is 4.60. The average Bonchev–Trinajstić information content (AvgIpc) is 3.11. The molecule has 1 aromatic carbocycles. The lowest BCUT2D eigenvalue weighted by Crippen LogP contribution is -2.76. The van der Waals surface area contributed by atoms with E-state index >= 15 is 0 Å². The summed E-state index contributed by atoms with van der Waals surface area (Å²) < 4.78 is 26.8. The lowest BCUT2D eigenvalue weighted by atomic mass is 9.48. The van der Waals surface area contributed by atoms with E-state index in [9.17, 15) is 28.2 Å². The maximum Gasteiger partial charge on any atom is 0.306 e. The fourth-order valence-corrected chi connectivity index (χ4v) is 5.30. The minimum absolute atomic E-state index is 0.190. The number of nitrogens with zero attached hydrogens (tertiary/aromatic N) is 4. The Bertz CT molecular complexity index is 1020. The van der Waals surface area contributed by atoms with Crippen LogP contribution >= 0.6 is 0 Å². The van der Waals surface area contributed by atoms with Gasteiger partial charge in [0.15, 0.2) is 0 Å². The number of hydrogen-bond donors (Lipinski definition) is 3. The maximum atomic E-state index is 12.9. The third kappa shape index (κ3) is 2.89. The summed E-state index contributed by atoms with van der Waals surface area (Å²) in [5.74, 6) is -2.35. The van der Waals surface area contributed by atoms with Crippen LogP contribution in [0.25, 0.3) is 5.69 Å². The molecule has 0 bridgehead atoms. The van der Waals surface area contributed by atoms with Gasteiger partial charge in [-0.05, 0) is 29.5 Å². The van der Waals surface area contributed by atoms with Crippen molar-refractivity contribution in [2.45, 2.75) is 36.1 Å². The molecule has 150 valence electrons. The Hall–Kier alpha value is -2.70. The Labute approximate surface area is 159 Å². The van der Waals surface area contributed by atoms with Crippen LogP contribution in [0.15, 0.2) is 35.5 Å². The molecule has 2 aromatic rings. The van der Waals surface area contributed by atoms with Crippen molar-refractivity contribution in [1.29, 1.82) is 0 Å². The van der Waals surface area contributed by atoms with Crippen molar-refractivity contribution in [3.05, 3.63) is 30.3 Å². The first-order valence-corrected chi connectivity index (χ1v) is 9.83. The molecular formula is C16H18N4O7S. The third-order valence-corrected chi connectivity index (χ3v) is 7.01. The fourth-order valence-electron chi connectivity index (χ4n) is 3.58. The first-order chi connectivity index (χ1) is 13.0. The van der Waals surface area contributed by atoms with Crippen LogP contribution in [0.1, 0.15) is 19.8 Å². The molecule has 1 aliphatic carbocycles. The molecule has 0 spiro atoms. The Morgan fingerprint density at radius 3 is 2.46 bits per heavy atom. The number of sulfone groups is 1. The van der Waals surface area contributed by atoms with Crippen LogP contribution in [0.5, 0.6) is 0 Å². The minimum Gasteiger partial charge on any atom is -0.481 e. The highest BCUT2D eigenvalue weighted by Gasteiger charge is 2.72. The van der Waals surface area contributed by atoms with Crippen molar-refractivity contribution >= 4 is 22.1 Å². The quantitative estimate of drug-likeness (QED) is 0.480. The Balaban J connectivity index is 1.95. The highest BCUT2D eigenvalue weighted by atomic mass is 32.2. The molecule has 3 rings (SSSR count). The van der Waals surface area contributed by atoms with Gasteiger partial charge in [0.25, 0.3) is 5.16 Å². The molecule has 1 saturated carbocycles. The normalized spacial score (nSPS) is 29.8. The van der Waals surface area contributed by atoms with E-state index < -0.39 is 56.2 Å². The minimum atomic E-state index is -4.31. The van der Waals surface area contributed by atoms with Crippen LogP contribution in [0, 0.1) is 5.41 Å². The van der Waals surface area contributed by atoms with Gasteiger partial charge in [-0.25, -0.2) is 8.42 Å². The zero-order chi connectivity index (χ0) is 20.8. The van der Waals surface area contributed by atoms with Crippen molar-refractivity contribution in [1.82, 2.24) is 20.2 Å². The smallest absolute Gasteiger partial charge is 0.306 e. The molecular weight excluding hydrogens is 392 g/mol. The zero-order valence-corrected chi connectivity index (χ0v) is 15.6. The summed E-state index contributed by atoms with van der Waals surface area (Å²) in [6, 6.07) is 8.19. The second-order valence-electron chi connectivity index (χ2n) is 7.10. The summed E-state index contributed by atoms with van der Waals surface area (Å²) in [5, 5.41) is 40.3. The van der Waals surface area contributed by atoms with E-state index in [2.05, 4.69) is 15.5 Å². The van der Waals surface area contributed by atoms with Crippen molar-refractivity contribution in [2.24, 2.45) is 5.41 Å². The van der Waals surface area contributed by atoms with E-state index in [4.69, 9.17) is 5.11 Å². The number of hydrogen-bond acceptors (Lipinski definition) is 9. The van der Waals surface area contributed by atoms with Gasteiger partial charge in [0.2, 0.25) is 9.84 Å². The van der Waals surface area contributed by atoms with E-state index in [1.807, 2.05) is 0 Å². The molecule has 1 heterocycles. The number of aliphatic hydroxyl groups is 2. The van der Waals surface area contributed by atoms with Gasteiger partial charge in [-0.1, -0.05) is 23.3 Å². The first-order valence-electron chi connectivity index (χ1n) is 8.17. The predicted octanol–water partition coefficient (Wildman–Crippen LogP) is -1.02. The molecule has 1 fully saturated rings. The second-order valence-corrected chi connectivity index (χ2v) is 8.98. The highest BCUT2D eigenvalue weighted by Crippen LogP contribution is 2.58. The van der Waals surface area contributed by atoms with Crippen LogP contribution in [0.4, 0.5) is 0 Å². The Morgan fingerprint density at radius 2 is 1.89 bits per heavy atom. The van der Waals surface area contributed by atoms with Crippen LogP contribution in [0.3, 0.4) is 0 Å². The number of aliphatic carboxylic acids is 1. The molecule has 28 heavy (non-hydrogen) atoms. The van der Waals surface area contributed by atoms with Gasteiger partial charge in [-0.15, -0.1) is 0 Å². The third-order valence-electron chi connectivity index (χ3n) is 5.35. The summed E-state index contributed by atoms with van der Waals surface area (Å²) in [6.07, 6.45) is -1.23. The van der Waals surface area contributed by atoms with Crippen molar-refractivity contribution in [3.8, 4) is 5.69 Å². The van der Waals surface area contributed by atoms with Crippen molar-refractivity contribution in [3.63, 3.8) is 0 Å². The zero-order valence-electron chi connectivity index (χ0n) is 14.8. The first kappa shape index (κ1) is 20.0. The lowest BCUT2D eigenvalue weighted by molar-refractivity contribution is -0.266. The Morgan fingerprint density at radius 1 is 1.25 bits per heavy atom. The van der Waals surface area contributed by atoms with Crippen LogP contribution < -0.4 is 0 Å². The van der Waals surface area contributed by atoms with Crippen molar-refractivity contribution < 1.29 is 33.3 Å². The second kappa shape index (κ2) is 6.43. The van der Waals surface area contributed by atoms with Gasteiger partial charge in [0.1, 0.15) is 6.29 Å². The van der Waals surface area contributed by atoms with Crippen molar-refractivity contribution in [2.75, 3.05) is 5.75 Å². The SMILES string of the molecule is CC1(C=O)[C@](O)(CS(=O)(=O)c2nnnn2-c2ccccc2)C[C@@]1(O)CC(=O)O. The average molecular weight is 410 g/mol. The summed E-state index contributed by atoms with van der Waals surface area (Å²) in [7, 11) is -4.31. The van der Waals surface area contributed by atoms with E-state index in [0.29, 0.717) is 5.69 Å². The predicted molar refractivity (Wildman–Crippen MR) is 92.1 cm³/mol. The number of carboxylic acids is 1. The molecule has 12 heteroatoms. The van der Waals surface area contributed by atoms with Gasteiger partial charge < -0.3 is 20.1 Å². The summed E-state index contributed by atoms with van der Waals surface area (Å²) in [5.41, 5.74) is -5.90. The van der Waals surface area contributed by atoms with E-state index in [-0.39, 0.29) is 6.29 Å². The molecule has 1 aromatic heterocycles. The summed E-state index contributed by atoms with van der Waals surface area (Å²) in [4.78, 5) is 22.6. The van der Waals surface area contributed by atoms with Gasteiger partial charge in [-0.2, -0.15) is 4.68 Å². The molecule has 1 aliphatic rings.